The summed E-state index contributed by atoms with van der Waals surface area (Å²) < 4.78 is 0. The highest BCUT2D eigenvalue weighted by Crippen LogP contribution is 2.34. The normalized spacial score (nSPS) is 20.6. The Labute approximate surface area is 133 Å². The molecule has 0 amide bonds. The van der Waals surface area contributed by atoms with Crippen LogP contribution in [0.4, 0.5) is 0 Å². The maximum absolute atomic E-state index is 4.09. The van der Waals surface area contributed by atoms with Crippen LogP contribution in [0.5, 0.6) is 0 Å². The van der Waals surface area contributed by atoms with Crippen molar-refractivity contribution in [1.29, 1.82) is 0 Å². The number of thioether (sulfide) groups is 3. The first-order valence-corrected chi connectivity index (χ1v) is 9.87. The largest absolute Gasteiger partial charge is 0.156 e. The molecule has 104 valence electrons. The molecule has 1 heterocycles. The first kappa shape index (κ1) is 14.4. The minimum atomic E-state index is 0.724. The Kier molecular flexibility index (Phi) is 5.03. The van der Waals surface area contributed by atoms with Crippen LogP contribution in [0.3, 0.4) is 0 Å². The lowest BCUT2D eigenvalue weighted by Crippen LogP contribution is -2.10. The van der Waals surface area contributed by atoms with E-state index in [0.29, 0.717) is 0 Å². The smallest absolute Gasteiger partial charge is 0.0239 e. The highest BCUT2D eigenvalue weighted by atomic mass is 32.2. The van der Waals surface area contributed by atoms with Gasteiger partial charge in [-0.15, -0.1) is 23.5 Å². The third kappa shape index (κ3) is 3.78. The highest BCUT2D eigenvalue weighted by molar-refractivity contribution is 8.07. The van der Waals surface area contributed by atoms with Gasteiger partial charge in [-0.05, 0) is 40.0 Å². The van der Waals surface area contributed by atoms with E-state index in [1.807, 2.05) is 35.3 Å². The molecule has 20 heavy (non-hydrogen) atoms. The summed E-state index contributed by atoms with van der Waals surface area (Å²) in [6.45, 7) is 4.09. The predicted octanol–water partition coefficient (Wildman–Crippen LogP) is 5.68. The zero-order valence-corrected chi connectivity index (χ0v) is 13.8. The van der Waals surface area contributed by atoms with Crippen molar-refractivity contribution in [2.24, 2.45) is 0 Å². The molecular formula is C17H18S3. The fourth-order valence-corrected chi connectivity index (χ4v) is 6.01. The highest BCUT2D eigenvalue weighted by Gasteiger charge is 2.14. The molecule has 3 rings (SSSR count). The fraction of sp³-hybridized carbons (Fsp3) is 0.294. The SMILES string of the molecule is C=C1CSCC(Sc2ccc3ccccc3c2)CCS1. The third-order valence-electron chi connectivity index (χ3n) is 3.34. The Bertz CT molecular complexity index is 594. The van der Waals surface area contributed by atoms with Crippen LogP contribution < -0.4 is 0 Å². The van der Waals surface area contributed by atoms with E-state index in [9.17, 15) is 0 Å². The molecule has 0 aromatic heterocycles. The Morgan fingerprint density at radius 2 is 1.95 bits per heavy atom. The molecule has 1 aliphatic rings. The van der Waals surface area contributed by atoms with Gasteiger partial charge in [-0.2, -0.15) is 11.8 Å². The maximum atomic E-state index is 4.09. The van der Waals surface area contributed by atoms with E-state index in [4.69, 9.17) is 0 Å². The summed E-state index contributed by atoms with van der Waals surface area (Å²) in [6.07, 6.45) is 1.27. The summed E-state index contributed by atoms with van der Waals surface area (Å²) in [5, 5.41) is 3.40. The topological polar surface area (TPSA) is 0 Å². The molecule has 2 aromatic rings. The van der Waals surface area contributed by atoms with E-state index < -0.39 is 0 Å². The molecule has 0 spiro atoms. The van der Waals surface area contributed by atoms with Gasteiger partial charge < -0.3 is 0 Å². The van der Waals surface area contributed by atoms with Crippen molar-refractivity contribution in [1.82, 2.24) is 0 Å². The molecule has 1 atom stereocenters. The van der Waals surface area contributed by atoms with Gasteiger partial charge in [0.2, 0.25) is 0 Å². The van der Waals surface area contributed by atoms with E-state index in [-0.39, 0.29) is 0 Å². The predicted molar refractivity (Wildman–Crippen MR) is 97.1 cm³/mol. The van der Waals surface area contributed by atoms with Gasteiger partial charge in [0, 0.05) is 21.7 Å². The zero-order chi connectivity index (χ0) is 13.8. The van der Waals surface area contributed by atoms with Crippen LogP contribution in [0.2, 0.25) is 0 Å². The van der Waals surface area contributed by atoms with Gasteiger partial charge in [0.05, 0.1) is 0 Å². The standard InChI is InChI=1S/C17H18S3/c1-13-11-18-12-17(8-9-19-13)20-16-7-6-14-4-2-3-5-15(14)10-16/h2-7,10,17H,1,8-9,11-12H2. The van der Waals surface area contributed by atoms with E-state index >= 15 is 0 Å². The van der Waals surface area contributed by atoms with Crippen molar-refractivity contribution < 1.29 is 0 Å². The summed E-state index contributed by atoms with van der Waals surface area (Å²) in [5.74, 6) is 3.56. The van der Waals surface area contributed by atoms with Gasteiger partial charge in [-0.3, -0.25) is 0 Å². The maximum Gasteiger partial charge on any atom is 0.0239 e. The summed E-state index contributed by atoms with van der Waals surface area (Å²) in [4.78, 5) is 2.74. The number of fused-ring (bicyclic) bond motifs is 1. The van der Waals surface area contributed by atoms with E-state index in [2.05, 4.69) is 49.0 Å². The van der Waals surface area contributed by atoms with Crippen LogP contribution in [0, 0.1) is 0 Å². The van der Waals surface area contributed by atoms with Gasteiger partial charge in [0.25, 0.3) is 0 Å². The molecule has 1 saturated heterocycles. The van der Waals surface area contributed by atoms with Crippen LogP contribution in [-0.2, 0) is 0 Å². The molecule has 0 radical (unpaired) electrons. The molecule has 0 nitrogen and oxygen atoms in total. The second-order valence-corrected chi connectivity index (χ2v) is 8.62. The summed E-state index contributed by atoms with van der Waals surface area (Å²) in [5.41, 5.74) is 0. The molecule has 3 heteroatoms. The van der Waals surface area contributed by atoms with Crippen molar-refractivity contribution >= 4 is 46.1 Å². The molecule has 0 bridgehead atoms. The minimum Gasteiger partial charge on any atom is -0.156 e. The molecule has 0 aliphatic carbocycles. The molecule has 2 aromatic carbocycles. The number of benzene rings is 2. The van der Waals surface area contributed by atoms with E-state index in [0.717, 1.165) is 11.0 Å². The second kappa shape index (κ2) is 6.97. The number of hydrogen-bond acceptors (Lipinski definition) is 3. The lowest BCUT2D eigenvalue weighted by Gasteiger charge is -2.19. The summed E-state index contributed by atoms with van der Waals surface area (Å²) in [7, 11) is 0. The minimum absolute atomic E-state index is 0.724. The molecule has 0 N–H and O–H groups in total. The first-order valence-electron chi connectivity index (χ1n) is 6.85. The quantitative estimate of drug-likeness (QED) is 0.698. The van der Waals surface area contributed by atoms with Crippen LogP contribution >= 0.6 is 35.3 Å². The molecule has 0 saturated carbocycles. The van der Waals surface area contributed by atoms with Gasteiger partial charge >= 0.3 is 0 Å². The Morgan fingerprint density at radius 3 is 2.85 bits per heavy atom. The fourth-order valence-electron chi connectivity index (χ4n) is 2.29. The number of hydrogen-bond donors (Lipinski definition) is 0. The summed E-state index contributed by atoms with van der Waals surface area (Å²) >= 11 is 6.01. The number of rotatable bonds is 2. The Hall–Kier alpha value is -0.510. The zero-order valence-electron chi connectivity index (χ0n) is 11.4. The second-order valence-electron chi connectivity index (χ2n) is 4.94. The van der Waals surface area contributed by atoms with Crippen molar-refractivity contribution in [3.63, 3.8) is 0 Å². The first-order chi connectivity index (χ1) is 9.81. The molecule has 1 fully saturated rings. The Morgan fingerprint density at radius 1 is 1.10 bits per heavy atom. The van der Waals surface area contributed by atoms with Crippen molar-refractivity contribution in [2.75, 3.05) is 17.3 Å². The summed E-state index contributed by atoms with van der Waals surface area (Å²) in [6, 6.07) is 15.4. The molecule has 1 aliphatic heterocycles. The van der Waals surface area contributed by atoms with Crippen LogP contribution in [-0.4, -0.2) is 22.5 Å². The molecule has 1 unspecified atom stereocenters. The van der Waals surface area contributed by atoms with Crippen LogP contribution in [0.1, 0.15) is 6.42 Å². The van der Waals surface area contributed by atoms with Gasteiger partial charge in [-0.1, -0.05) is 36.9 Å². The van der Waals surface area contributed by atoms with Gasteiger partial charge in [-0.25, -0.2) is 0 Å². The lowest BCUT2D eigenvalue weighted by atomic mass is 10.1. The molecular weight excluding hydrogens is 300 g/mol. The van der Waals surface area contributed by atoms with Gasteiger partial charge in [0.15, 0.2) is 0 Å². The van der Waals surface area contributed by atoms with E-state index in [1.165, 1.54) is 38.5 Å². The average Bonchev–Trinajstić information content (AvgIpc) is 2.44. The van der Waals surface area contributed by atoms with Crippen molar-refractivity contribution in [2.45, 2.75) is 16.6 Å². The van der Waals surface area contributed by atoms with Crippen LogP contribution in [0.15, 0.2) is 58.8 Å². The van der Waals surface area contributed by atoms with Crippen molar-refractivity contribution in [3.8, 4) is 0 Å². The Balaban J connectivity index is 1.70. The average molecular weight is 319 g/mol. The van der Waals surface area contributed by atoms with Crippen LogP contribution in [0.25, 0.3) is 10.8 Å². The van der Waals surface area contributed by atoms with E-state index in [1.54, 1.807) is 0 Å². The van der Waals surface area contributed by atoms with Gasteiger partial charge in [0.1, 0.15) is 0 Å². The van der Waals surface area contributed by atoms with Crippen molar-refractivity contribution in [3.05, 3.63) is 53.9 Å². The lowest BCUT2D eigenvalue weighted by molar-refractivity contribution is 0.926. The monoisotopic (exact) mass is 318 g/mol. The third-order valence-corrected chi connectivity index (χ3v) is 7.18.